The van der Waals surface area contributed by atoms with Crippen molar-refractivity contribution in [2.75, 3.05) is 12.3 Å². The van der Waals surface area contributed by atoms with E-state index >= 15 is 0 Å². The van der Waals surface area contributed by atoms with Gasteiger partial charge in [0, 0.05) is 17.8 Å². The summed E-state index contributed by atoms with van der Waals surface area (Å²) in [6, 6.07) is 1.98. The molecular weight excluding hydrogens is 363 g/mol. The normalized spacial score (nSPS) is 12.7. The Labute approximate surface area is 142 Å². The van der Waals surface area contributed by atoms with Crippen LogP contribution in [-0.4, -0.2) is 36.7 Å². The van der Waals surface area contributed by atoms with E-state index in [9.17, 15) is 21.6 Å². The standard InChI is InChI=1S/C14H18F3N3O2S2/c1-10-13(12-3-7-23-9-12)11(2)20(19-10)6-5-18-24(21,22)8-4-14(15,16)17/h3,7,9,18H,4-6,8H2,1-2H3. The van der Waals surface area contributed by atoms with Gasteiger partial charge in [-0.2, -0.15) is 29.6 Å². The van der Waals surface area contributed by atoms with Crippen LogP contribution in [0.3, 0.4) is 0 Å². The van der Waals surface area contributed by atoms with Gasteiger partial charge in [0.15, 0.2) is 0 Å². The SMILES string of the molecule is Cc1nn(CCNS(=O)(=O)CCC(F)(F)F)c(C)c1-c1ccsc1. The van der Waals surface area contributed by atoms with E-state index in [2.05, 4.69) is 9.82 Å². The van der Waals surface area contributed by atoms with Crippen LogP contribution in [0.25, 0.3) is 11.1 Å². The largest absolute Gasteiger partial charge is 0.390 e. The third kappa shape index (κ3) is 5.05. The van der Waals surface area contributed by atoms with Crippen LogP contribution in [0.4, 0.5) is 13.2 Å². The van der Waals surface area contributed by atoms with Gasteiger partial charge in [0.05, 0.1) is 24.4 Å². The Morgan fingerprint density at radius 2 is 2.04 bits per heavy atom. The fourth-order valence-corrected chi connectivity index (χ4v) is 4.06. The van der Waals surface area contributed by atoms with Crippen LogP contribution >= 0.6 is 11.3 Å². The minimum atomic E-state index is -4.49. The minimum absolute atomic E-state index is 0.00870. The lowest BCUT2D eigenvalue weighted by Crippen LogP contribution is -2.31. The molecule has 1 N–H and O–H groups in total. The molecule has 0 saturated carbocycles. The first-order valence-corrected chi connectivity index (χ1v) is 9.79. The highest BCUT2D eigenvalue weighted by Gasteiger charge is 2.29. The van der Waals surface area contributed by atoms with Crippen molar-refractivity contribution >= 4 is 21.4 Å². The first-order chi connectivity index (χ1) is 11.1. The van der Waals surface area contributed by atoms with Crippen LogP contribution < -0.4 is 4.72 Å². The Kier molecular flexibility index (Phi) is 5.71. The second kappa shape index (κ2) is 7.24. The predicted octanol–water partition coefficient (Wildman–Crippen LogP) is 3.10. The van der Waals surface area contributed by atoms with Gasteiger partial charge in [-0.05, 0) is 36.2 Å². The summed E-state index contributed by atoms with van der Waals surface area (Å²) >= 11 is 1.57. The molecule has 0 unspecified atom stereocenters. The maximum Gasteiger partial charge on any atom is 0.390 e. The molecule has 2 heterocycles. The summed E-state index contributed by atoms with van der Waals surface area (Å²) in [4.78, 5) is 0. The first-order valence-electron chi connectivity index (χ1n) is 7.20. The molecule has 0 spiro atoms. The average molecular weight is 381 g/mol. The highest BCUT2D eigenvalue weighted by molar-refractivity contribution is 7.89. The lowest BCUT2D eigenvalue weighted by atomic mass is 10.1. The Morgan fingerprint density at radius 1 is 1.33 bits per heavy atom. The van der Waals surface area contributed by atoms with Crippen molar-refractivity contribution in [1.82, 2.24) is 14.5 Å². The van der Waals surface area contributed by atoms with Gasteiger partial charge in [0.1, 0.15) is 0 Å². The number of halogens is 3. The molecule has 2 rings (SSSR count). The molecule has 0 radical (unpaired) electrons. The summed E-state index contributed by atoms with van der Waals surface area (Å²) in [5.74, 6) is -0.965. The number of thiophene rings is 1. The second-order valence-electron chi connectivity index (χ2n) is 5.36. The van der Waals surface area contributed by atoms with E-state index in [1.807, 2.05) is 30.7 Å². The number of aromatic nitrogens is 2. The smallest absolute Gasteiger partial charge is 0.268 e. The van der Waals surface area contributed by atoms with Crippen LogP contribution in [0, 0.1) is 13.8 Å². The van der Waals surface area contributed by atoms with Crippen LogP contribution in [0.2, 0.25) is 0 Å². The van der Waals surface area contributed by atoms with Gasteiger partial charge in [0.2, 0.25) is 10.0 Å². The number of hydrogen-bond acceptors (Lipinski definition) is 4. The van der Waals surface area contributed by atoms with Crippen molar-refractivity contribution in [3.8, 4) is 11.1 Å². The van der Waals surface area contributed by atoms with Crippen LogP contribution in [0.15, 0.2) is 16.8 Å². The van der Waals surface area contributed by atoms with E-state index in [-0.39, 0.29) is 13.1 Å². The number of sulfonamides is 1. The number of hydrogen-bond donors (Lipinski definition) is 1. The van der Waals surface area contributed by atoms with Crippen LogP contribution in [0.1, 0.15) is 17.8 Å². The molecule has 0 atom stereocenters. The van der Waals surface area contributed by atoms with Crippen molar-refractivity contribution in [2.45, 2.75) is 33.0 Å². The minimum Gasteiger partial charge on any atom is -0.268 e. The summed E-state index contributed by atoms with van der Waals surface area (Å²) in [5, 5.41) is 8.34. The fourth-order valence-electron chi connectivity index (χ4n) is 2.37. The van der Waals surface area contributed by atoms with Crippen molar-refractivity contribution < 1.29 is 21.6 Å². The third-order valence-corrected chi connectivity index (χ3v) is 5.56. The quantitative estimate of drug-likeness (QED) is 0.802. The molecule has 24 heavy (non-hydrogen) atoms. The number of aryl methyl sites for hydroxylation is 1. The summed E-state index contributed by atoms with van der Waals surface area (Å²) in [6.07, 6.45) is -5.84. The number of alkyl halides is 3. The molecule has 10 heteroatoms. The van der Waals surface area contributed by atoms with Gasteiger partial charge in [-0.1, -0.05) is 0 Å². The second-order valence-corrected chi connectivity index (χ2v) is 8.07. The van der Waals surface area contributed by atoms with Gasteiger partial charge in [-0.25, -0.2) is 13.1 Å². The molecule has 5 nitrogen and oxygen atoms in total. The zero-order chi connectivity index (χ0) is 18.0. The molecule has 0 aliphatic rings. The van der Waals surface area contributed by atoms with Gasteiger partial charge >= 0.3 is 6.18 Å². The predicted molar refractivity (Wildman–Crippen MR) is 87.5 cm³/mol. The number of rotatable bonds is 7. The monoisotopic (exact) mass is 381 g/mol. The van der Waals surface area contributed by atoms with Gasteiger partial charge in [0.25, 0.3) is 0 Å². The fraction of sp³-hybridized carbons (Fsp3) is 0.500. The van der Waals surface area contributed by atoms with E-state index in [1.165, 1.54) is 0 Å². The summed E-state index contributed by atoms with van der Waals surface area (Å²) in [7, 11) is -3.95. The molecule has 0 bridgehead atoms. The van der Waals surface area contributed by atoms with E-state index in [4.69, 9.17) is 0 Å². The van der Waals surface area contributed by atoms with E-state index in [0.29, 0.717) is 0 Å². The maximum atomic E-state index is 12.1. The molecule has 2 aromatic heterocycles. The molecule has 0 aliphatic heterocycles. The Morgan fingerprint density at radius 3 is 2.62 bits per heavy atom. The van der Waals surface area contributed by atoms with Crippen molar-refractivity contribution in [1.29, 1.82) is 0 Å². The molecule has 0 amide bonds. The molecule has 134 valence electrons. The summed E-state index contributed by atoms with van der Waals surface area (Å²) in [5.41, 5.74) is 3.76. The zero-order valence-corrected chi connectivity index (χ0v) is 14.9. The number of nitrogens with one attached hydrogen (secondary N) is 1. The molecular formula is C14H18F3N3O2S2. The summed E-state index contributed by atoms with van der Waals surface area (Å²) < 4.78 is 63.3. The lowest BCUT2D eigenvalue weighted by Gasteiger charge is -2.09. The molecule has 2 aromatic rings. The van der Waals surface area contributed by atoms with Crippen LogP contribution in [-0.2, 0) is 16.6 Å². The van der Waals surface area contributed by atoms with E-state index < -0.39 is 28.4 Å². The van der Waals surface area contributed by atoms with E-state index in [1.54, 1.807) is 16.0 Å². The van der Waals surface area contributed by atoms with E-state index in [0.717, 1.165) is 22.5 Å². The van der Waals surface area contributed by atoms with Gasteiger partial charge in [-0.15, -0.1) is 0 Å². The van der Waals surface area contributed by atoms with Gasteiger partial charge in [-0.3, -0.25) is 4.68 Å². The topological polar surface area (TPSA) is 64.0 Å². The van der Waals surface area contributed by atoms with Crippen molar-refractivity contribution in [2.24, 2.45) is 0 Å². The van der Waals surface area contributed by atoms with Gasteiger partial charge < -0.3 is 0 Å². The Hall–Kier alpha value is -1.39. The molecule has 0 aliphatic carbocycles. The summed E-state index contributed by atoms with van der Waals surface area (Å²) in [6.45, 7) is 3.99. The van der Waals surface area contributed by atoms with Crippen molar-refractivity contribution in [3.05, 3.63) is 28.2 Å². The molecule has 0 aromatic carbocycles. The first kappa shape index (κ1) is 18.9. The highest BCUT2D eigenvalue weighted by atomic mass is 32.2. The highest BCUT2D eigenvalue weighted by Crippen LogP contribution is 2.28. The Bertz CT molecular complexity index is 781. The maximum absolute atomic E-state index is 12.1. The van der Waals surface area contributed by atoms with Crippen LogP contribution in [0.5, 0.6) is 0 Å². The molecule has 0 fully saturated rings. The third-order valence-electron chi connectivity index (χ3n) is 3.49. The number of nitrogens with zero attached hydrogens (tertiary/aromatic N) is 2. The lowest BCUT2D eigenvalue weighted by molar-refractivity contribution is -0.129. The zero-order valence-electron chi connectivity index (χ0n) is 13.2. The van der Waals surface area contributed by atoms with Crippen molar-refractivity contribution in [3.63, 3.8) is 0 Å². The Balaban J connectivity index is 1.97. The molecule has 0 saturated heterocycles. The average Bonchev–Trinajstić information content (AvgIpc) is 3.05.